The molecule has 10 heteroatoms. The number of amides is 1. The largest absolute Gasteiger partial charge is 0.383 e. The van der Waals surface area contributed by atoms with E-state index in [0.29, 0.717) is 31.7 Å². The van der Waals surface area contributed by atoms with E-state index in [4.69, 9.17) is 16.3 Å². The number of hydrogen-bond acceptors (Lipinski definition) is 5. The monoisotopic (exact) mass is 503 g/mol. The topological polar surface area (TPSA) is 70.2 Å². The van der Waals surface area contributed by atoms with Crippen LogP contribution >= 0.6 is 11.6 Å². The molecule has 0 atom stereocenters. The molecule has 33 heavy (non-hydrogen) atoms. The van der Waals surface area contributed by atoms with Crippen LogP contribution in [-0.2, 0) is 19.6 Å². The fourth-order valence-corrected chi connectivity index (χ4v) is 6.72. The Kier molecular flexibility index (Phi) is 9.14. The summed E-state index contributed by atoms with van der Waals surface area (Å²) >= 11 is 5.84. The molecule has 0 spiro atoms. The van der Waals surface area contributed by atoms with Gasteiger partial charge in [0.05, 0.1) is 16.5 Å². The molecule has 1 saturated carbocycles. The maximum Gasteiger partial charge on any atom is 0.243 e. The third-order valence-electron chi connectivity index (χ3n) is 6.82. The number of hydrogen-bond donors (Lipinski definition) is 0. The third kappa shape index (κ3) is 6.25. The number of rotatable bonds is 8. The smallest absolute Gasteiger partial charge is 0.243 e. The molecule has 7 nitrogen and oxygen atoms in total. The van der Waals surface area contributed by atoms with Crippen molar-refractivity contribution in [1.82, 2.24) is 14.1 Å². The highest BCUT2D eigenvalue weighted by atomic mass is 35.5. The lowest BCUT2D eigenvalue weighted by atomic mass is 9.85. The summed E-state index contributed by atoms with van der Waals surface area (Å²) in [4.78, 5) is 17.4. The van der Waals surface area contributed by atoms with Crippen LogP contribution in [-0.4, -0.2) is 87.0 Å². The van der Waals surface area contributed by atoms with Gasteiger partial charge in [-0.1, -0.05) is 11.6 Å². The SMILES string of the molecule is COCCN(C1CCC(C(=O)N2CCN(C(C)C)CC2)CC1)S(=O)(=O)c1ccc(F)c(Cl)c1. The van der Waals surface area contributed by atoms with Crippen molar-refractivity contribution in [3.63, 3.8) is 0 Å². The molecule has 1 saturated heterocycles. The van der Waals surface area contributed by atoms with Crippen LogP contribution in [0.25, 0.3) is 0 Å². The first-order chi connectivity index (χ1) is 15.6. The number of benzene rings is 1. The molecule has 0 N–H and O–H groups in total. The average molecular weight is 504 g/mol. The number of halogens is 2. The standard InChI is InChI=1S/C23H35ClFN3O4S/c1-17(2)26-10-12-27(13-11-26)23(29)18-4-6-19(7-5-18)28(14-15-32-3)33(30,31)20-8-9-22(25)21(24)16-20/h8-9,16-19H,4-7,10-15H2,1-3H3. The Labute approximate surface area is 201 Å². The summed E-state index contributed by atoms with van der Waals surface area (Å²) in [6.45, 7) is 8.04. The molecule has 1 aromatic rings. The maximum absolute atomic E-state index is 13.6. The fraction of sp³-hybridized carbons (Fsp3) is 0.696. The molecule has 2 aliphatic rings. The first-order valence-electron chi connectivity index (χ1n) is 11.6. The summed E-state index contributed by atoms with van der Waals surface area (Å²) in [6.07, 6.45) is 2.49. The van der Waals surface area contributed by atoms with Crippen molar-refractivity contribution in [1.29, 1.82) is 0 Å². The van der Waals surface area contributed by atoms with Gasteiger partial charge in [0, 0.05) is 57.8 Å². The van der Waals surface area contributed by atoms with Gasteiger partial charge in [-0.3, -0.25) is 9.69 Å². The highest BCUT2D eigenvalue weighted by Crippen LogP contribution is 2.33. The number of sulfonamides is 1. The normalized spacial score (nSPS) is 22.8. The van der Waals surface area contributed by atoms with Gasteiger partial charge in [0.1, 0.15) is 5.82 Å². The average Bonchev–Trinajstić information content (AvgIpc) is 2.81. The molecule has 1 heterocycles. The van der Waals surface area contributed by atoms with Gasteiger partial charge in [-0.15, -0.1) is 0 Å². The lowest BCUT2D eigenvalue weighted by molar-refractivity contribution is -0.138. The van der Waals surface area contributed by atoms with Gasteiger partial charge in [-0.2, -0.15) is 4.31 Å². The number of piperazine rings is 1. The summed E-state index contributed by atoms with van der Waals surface area (Å²) in [7, 11) is -2.36. The molecule has 1 aliphatic heterocycles. The van der Waals surface area contributed by atoms with E-state index >= 15 is 0 Å². The van der Waals surface area contributed by atoms with Crippen molar-refractivity contribution in [2.24, 2.45) is 5.92 Å². The van der Waals surface area contributed by atoms with E-state index in [9.17, 15) is 17.6 Å². The summed E-state index contributed by atoms with van der Waals surface area (Å²) in [5.74, 6) is -0.542. The molecule has 3 rings (SSSR count). The minimum Gasteiger partial charge on any atom is -0.383 e. The number of methoxy groups -OCH3 is 1. The number of carbonyl (C=O) groups is 1. The Morgan fingerprint density at radius 1 is 1.18 bits per heavy atom. The second-order valence-corrected chi connectivity index (χ2v) is 11.4. The zero-order valence-corrected chi connectivity index (χ0v) is 21.2. The van der Waals surface area contributed by atoms with E-state index in [-0.39, 0.29) is 40.9 Å². The van der Waals surface area contributed by atoms with Gasteiger partial charge in [0.2, 0.25) is 15.9 Å². The molecule has 0 radical (unpaired) electrons. The zero-order chi connectivity index (χ0) is 24.2. The molecule has 1 aromatic carbocycles. The maximum atomic E-state index is 13.6. The Balaban J connectivity index is 1.65. The second kappa shape index (κ2) is 11.4. The van der Waals surface area contributed by atoms with Gasteiger partial charge in [-0.25, -0.2) is 12.8 Å². The number of carbonyl (C=O) groups excluding carboxylic acids is 1. The highest BCUT2D eigenvalue weighted by molar-refractivity contribution is 7.89. The quantitative estimate of drug-likeness (QED) is 0.544. The molecular formula is C23H35ClFN3O4S. The van der Waals surface area contributed by atoms with Crippen LogP contribution in [0, 0.1) is 11.7 Å². The van der Waals surface area contributed by atoms with Gasteiger partial charge >= 0.3 is 0 Å². The van der Waals surface area contributed by atoms with Gasteiger partial charge in [-0.05, 0) is 57.7 Å². The molecule has 0 bridgehead atoms. The first kappa shape index (κ1) is 26.3. The summed E-state index contributed by atoms with van der Waals surface area (Å²) in [6, 6.07) is 3.70. The van der Waals surface area contributed by atoms with Crippen LogP contribution < -0.4 is 0 Å². The van der Waals surface area contributed by atoms with Crippen molar-refractivity contribution >= 4 is 27.5 Å². The van der Waals surface area contributed by atoms with E-state index in [2.05, 4.69) is 18.7 Å². The Hall–Kier alpha value is -1.26. The second-order valence-electron chi connectivity index (χ2n) is 9.14. The van der Waals surface area contributed by atoms with E-state index in [1.54, 1.807) is 0 Å². The third-order valence-corrected chi connectivity index (χ3v) is 9.06. The van der Waals surface area contributed by atoms with Gasteiger partial charge < -0.3 is 9.64 Å². The predicted octanol–water partition coefficient (Wildman–Crippen LogP) is 3.23. The van der Waals surface area contributed by atoms with Crippen LogP contribution in [0.2, 0.25) is 5.02 Å². The van der Waals surface area contributed by atoms with E-state index in [1.165, 1.54) is 17.5 Å². The van der Waals surface area contributed by atoms with Crippen molar-refractivity contribution in [2.45, 2.75) is 56.5 Å². The van der Waals surface area contributed by atoms with E-state index in [1.807, 2.05) is 4.90 Å². The molecule has 0 unspecified atom stereocenters. The number of ether oxygens (including phenoxy) is 1. The minimum absolute atomic E-state index is 0.0359. The predicted molar refractivity (Wildman–Crippen MR) is 126 cm³/mol. The highest BCUT2D eigenvalue weighted by Gasteiger charge is 2.37. The molecule has 186 valence electrons. The van der Waals surface area contributed by atoms with Crippen molar-refractivity contribution in [3.8, 4) is 0 Å². The Bertz CT molecular complexity index is 914. The molecular weight excluding hydrogens is 469 g/mol. The summed E-state index contributed by atoms with van der Waals surface area (Å²) < 4.78 is 46.9. The summed E-state index contributed by atoms with van der Waals surface area (Å²) in [5.41, 5.74) is 0. The molecule has 1 aliphatic carbocycles. The van der Waals surface area contributed by atoms with Crippen LogP contribution in [0.4, 0.5) is 4.39 Å². The van der Waals surface area contributed by atoms with E-state index < -0.39 is 15.8 Å². The van der Waals surface area contributed by atoms with Crippen molar-refractivity contribution in [2.75, 3.05) is 46.4 Å². The van der Waals surface area contributed by atoms with Crippen LogP contribution in [0.15, 0.2) is 23.1 Å². The fourth-order valence-electron chi connectivity index (χ4n) is 4.78. The Morgan fingerprint density at radius 3 is 2.36 bits per heavy atom. The molecule has 0 aromatic heterocycles. The number of nitrogens with zero attached hydrogens (tertiary/aromatic N) is 3. The van der Waals surface area contributed by atoms with Crippen LogP contribution in [0.5, 0.6) is 0 Å². The molecule has 2 fully saturated rings. The zero-order valence-electron chi connectivity index (χ0n) is 19.7. The summed E-state index contributed by atoms with van der Waals surface area (Å²) in [5, 5.41) is -0.227. The first-order valence-corrected chi connectivity index (χ1v) is 13.5. The Morgan fingerprint density at radius 2 is 1.82 bits per heavy atom. The van der Waals surface area contributed by atoms with Gasteiger partial charge in [0.25, 0.3) is 0 Å². The van der Waals surface area contributed by atoms with Crippen LogP contribution in [0.3, 0.4) is 0 Å². The molecule has 1 amide bonds. The minimum atomic E-state index is -3.88. The van der Waals surface area contributed by atoms with Gasteiger partial charge in [0.15, 0.2) is 0 Å². The lowest BCUT2D eigenvalue weighted by Gasteiger charge is -2.40. The van der Waals surface area contributed by atoms with Crippen LogP contribution in [0.1, 0.15) is 39.5 Å². The van der Waals surface area contributed by atoms with Crippen molar-refractivity contribution < 1.29 is 22.3 Å². The lowest BCUT2D eigenvalue weighted by Crippen LogP contribution is -2.52. The van der Waals surface area contributed by atoms with E-state index in [0.717, 1.165) is 38.3 Å². The van der Waals surface area contributed by atoms with Crippen molar-refractivity contribution in [3.05, 3.63) is 29.0 Å².